The van der Waals surface area contributed by atoms with Crippen LogP contribution in [0.2, 0.25) is 0 Å². The Kier molecular flexibility index (Phi) is 7.14. The highest BCUT2D eigenvalue weighted by atomic mass is 79.9. The van der Waals surface area contributed by atoms with Crippen LogP contribution in [0.25, 0.3) is 0 Å². The molecule has 1 heterocycles. The molecule has 0 aromatic heterocycles. The Morgan fingerprint density at radius 2 is 1.81 bits per heavy atom. The predicted molar refractivity (Wildman–Crippen MR) is 96.8 cm³/mol. The molecular formula is C17H20BrN3O5. The number of carbonyl (C=O) groups excluding carboxylic acids is 4. The molecule has 9 heteroatoms. The standard InChI is InChI=1S/C17H20BrN3O5/c1-2-26-17(25)20-8-7-19-14(22)4-3-9-21-15(23)12-6-5-11(18)10-13(12)16(21)24/h5-6,10H,2-4,7-9H2,1H3,(H,19,22)(H,20,25). The minimum absolute atomic E-state index is 0.177. The Morgan fingerprint density at radius 3 is 2.54 bits per heavy atom. The molecule has 1 aromatic carbocycles. The van der Waals surface area contributed by atoms with Gasteiger partial charge in [0.25, 0.3) is 11.8 Å². The molecule has 0 atom stereocenters. The second-order valence-electron chi connectivity index (χ2n) is 5.55. The highest BCUT2D eigenvalue weighted by Crippen LogP contribution is 2.26. The van der Waals surface area contributed by atoms with Gasteiger partial charge in [-0.25, -0.2) is 4.79 Å². The van der Waals surface area contributed by atoms with Crippen LogP contribution in [0.15, 0.2) is 22.7 Å². The van der Waals surface area contributed by atoms with Crippen molar-refractivity contribution in [2.24, 2.45) is 0 Å². The fraction of sp³-hybridized carbons (Fsp3) is 0.412. The van der Waals surface area contributed by atoms with E-state index >= 15 is 0 Å². The highest BCUT2D eigenvalue weighted by Gasteiger charge is 2.35. The molecule has 2 rings (SSSR count). The molecule has 0 fully saturated rings. The van der Waals surface area contributed by atoms with Crippen LogP contribution in [0.3, 0.4) is 0 Å². The van der Waals surface area contributed by atoms with Crippen molar-refractivity contribution in [3.05, 3.63) is 33.8 Å². The number of imide groups is 1. The zero-order valence-electron chi connectivity index (χ0n) is 14.3. The normalized spacial score (nSPS) is 12.8. The Balaban J connectivity index is 1.70. The lowest BCUT2D eigenvalue weighted by Gasteiger charge is -2.13. The Hall–Kier alpha value is -2.42. The van der Waals surface area contributed by atoms with E-state index in [1.54, 1.807) is 25.1 Å². The van der Waals surface area contributed by atoms with E-state index in [2.05, 4.69) is 31.3 Å². The fourth-order valence-electron chi connectivity index (χ4n) is 2.50. The average Bonchev–Trinajstić information content (AvgIpc) is 2.83. The van der Waals surface area contributed by atoms with Crippen LogP contribution in [0.4, 0.5) is 4.79 Å². The van der Waals surface area contributed by atoms with Gasteiger partial charge in [-0.15, -0.1) is 0 Å². The third-order valence-electron chi connectivity index (χ3n) is 3.71. The van der Waals surface area contributed by atoms with Crippen LogP contribution in [0.5, 0.6) is 0 Å². The molecule has 0 saturated carbocycles. The number of alkyl carbamates (subject to hydrolysis) is 1. The van der Waals surface area contributed by atoms with Crippen molar-refractivity contribution in [2.75, 3.05) is 26.2 Å². The molecule has 2 N–H and O–H groups in total. The molecule has 0 bridgehead atoms. The fourth-order valence-corrected chi connectivity index (χ4v) is 2.86. The maximum absolute atomic E-state index is 12.3. The number of fused-ring (bicyclic) bond motifs is 1. The third kappa shape index (κ3) is 5.04. The maximum atomic E-state index is 12.3. The minimum atomic E-state index is -0.529. The van der Waals surface area contributed by atoms with E-state index in [0.717, 1.165) is 9.37 Å². The summed E-state index contributed by atoms with van der Waals surface area (Å²) in [6, 6.07) is 4.95. The van der Waals surface area contributed by atoms with Gasteiger partial charge in [0.05, 0.1) is 17.7 Å². The summed E-state index contributed by atoms with van der Waals surface area (Å²) in [7, 11) is 0. The molecule has 0 aliphatic carbocycles. The van der Waals surface area contributed by atoms with Crippen LogP contribution < -0.4 is 10.6 Å². The summed E-state index contributed by atoms with van der Waals surface area (Å²) in [4.78, 5) is 48.5. The molecule has 1 aliphatic rings. The summed E-state index contributed by atoms with van der Waals surface area (Å²) in [5, 5.41) is 5.14. The number of ether oxygens (including phenoxy) is 1. The van der Waals surface area contributed by atoms with Gasteiger partial charge in [0.1, 0.15) is 0 Å². The number of nitrogens with one attached hydrogen (secondary N) is 2. The molecule has 0 unspecified atom stereocenters. The van der Waals surface area contributed by atoms with Gasteiger partial charge >= 0.3 is 6.09 Å². The van der Waals surface area contributed by atoms with Crippen LogP contribution >= 0.6 is 15.9 Å². The van der Waals surface area contributed by atoms with Gasteiger partial charge in [-0.3, -0.25) is 19.3 Å². The molecule has 0 saturated heterocycles. The zero-order valence-corrected chi connectivity index (χ0v) is 15.9. The molecule has 8 nitrogen and oxygen atoms in total. The first-order valence-electron chi connectivity index (χ1n) is 8.27. The maximum Gasteiger partial charge on any atom is 0.407 e. The Morgan fingerprint density at radius 1 is 1.12 bits per heavy atom. The van der Waals surface area contributed by atoms with Crippen molar-refractivity contribution >= 4 is 39.7 Å². The van der Waals surface area contributed by atoms with Gasteiger partial charge < -0.3 is 15.4 Å². The number of rotatable bonds is 8. The summed E-state index contributed by atoms with van der Waals surface area (Å²) < 4.78 is 5.42. The monoisotopic (exact) mass is 425 g/mol. The van der Waals surface area contributed by atoms with E-state index in [9.17, 15) is 19.2 Å². The third-order valence-corrected chi connectivity index (χ3v) is 4.20. The topological polar surface area (TPSA) is 105 Å². The van der Waals surface area contributed by atoms with Gasteiger partial charge in [0.2, 0.25) is 5.91 Å². The van der Waals surface area contributed by atoms with Crippen LogP contribution in [-0.2, 0) is 9.53 Å². The molecule has 1 aromatic rings. The largest absolute Gasteiger partial charge is 0.450 e. The van der Waals surface area contributed by atoms with Crippen LogP contribution in [0.1, 0.15) is 40.5 Å². The lowest BCUT2D eigenvalue weighted by molar-refractivity contribution is -0.121. The molecule has 26 heavy (non-hydrogen) atoms. The second-order valence-corrected chi connectivity index (χ2v) is 6.47. The number of hydrogen-bond acceptors (Lipinski definition) is 5. The van der Waals surface area contributed by atoms with Crippen molar-refractivity contribution in [1.82, 2.24) is 15.5 Å². The number of nitrogens with zero attached hydrogens (tertiary/aromatic N) is 1. The van der Waals surface area contributed by atoms with Crippen molar-refractivity contribution in [3.63, 3.8) is 0 Å². The molecule has 140 valence electrons. The van der Waals surface area contributed by atoms with Crippen LogP contribution in [0, 0.1) is 0 Å². The Bertz CT molecular complexity index is 722. The SMILES string of the molecule is CCOC(=O)NCCNC(=O)CCCN1C(=O)c2ccc(Br)cc2C1=O. The summed E-state index contributed by atoms with van der Waals surface area (Å²) in [5.41, 5.74) is 0.756. The smallest absolute Gasteiger partial charge is 0.407 e. The van der Waals surface area contributed by atoms with E-state index in [1.165, 1.54) is 0 Å². The van der Waals surface area contributed by atoms with E-state index in [1.807, 2.05) is 0 Å². The summed E-state index contributed by atoms with van der Waals surface area (Å²) in [6.07, 6.45) is 0.0133. The van der Waals surface area contributed by atoms with E-state index < -0.39 is 6.09 Å². The molecule has 0 spiro atoms. The first-order valence-corrected chi connectivity index (χ1v) is 9.06. The quantitative estimate of drug-likeness (QED) is 0.486. The van der Waals surface area contributed by atoms with Gasteiger partial charge in [-0.05, 0) is 31.5 Å². The lowest BCUT2D eigenvalue weighted by Crippen LogP contribution is -2.35. The molecule has 1 aliphatic heterocycles. The van der Waals surface area contributed by atoms with Crippen molar-refractivity contribution in [3.8, 4) is 0 Å². The number of carbonyl (C=O) groups is 4. The van der Waals surface area contributed by atoms with Gasteiger partial charge in [0, 0.05) is 30.5 Å². The summed E-state index contributed by atoms with van der Waals surface area (Å²) in [5.74, 6) is -0.892. The number of amides is 4. The average molecular weight is 426 g/mol. The van der Waals surface area contributed by atoms with E-state index in [0.29, 0.717) is 17.5 Å². The first kappa shape index (κ1) is 19.9. The Labute approximate surface area is 159 Å². The van der Waals surface area contributed by atoms with Gasteiger partial charge in [-0.1, -0.05) is 15.9 Å². The summed E-state index contributed by atoms with van der Waals surface area (Å²) >= 11 is 3.28. The molecule has 4 amide bonds. The number of benzene rings is 1. The van der Waals surface area contributed by atoms with Gasteiger partial charge in [-0.2, -0.15) is 0 Å². The first-order chi connectivity index (χ1) is 12.4. The predicted octanol–water partition coefficient (Wildman–Crippen LogP) is 1.69. The zero-order chi connectivity index (χ0) is 19.1. The minimum Gasteiger partial charge on any atom is -0.450 e. The lowest BCUT2D eigenvalue weighted by atomic mass is 10.1. The number of hydrogen-bond donors (Lipinski definition) is 2. The van der Waals surface area contributed by atoms with Crippen molar-refractivity contribution < 1.29 is 23.9 Å². The molecule has 0 radical (unpaired) electrons. The number of halogens is 1. The summed E-state index contributed by atoms with van der Waals surface area (Å²) in [6.45, 7) is 2.70. The van der Waals surface area contributed by atoms with Crippen molar-refractivity contribution in [2.45, 2.75) is 19.8 Å². The van der Waals surface area contributed by atoms with E-state index in [-0.39, 0.29) is 50.4 Å². The van der Waals surface area contributed by atoms with Crippen LogP contribution in [-0.4, -0.2) is 55.0 Å². The van der Waals surface area contributed by atoms with Crippen molar-refractivity contribution in [1.29, 1.82) is 0 Å². The highest BCUT2D eigenvalue weighted by molar-refractivity contribution is 9.10. The van der Waals surface area contributed by atoms with E-state index in [4.69, 9.17) is 0 Å². The van der Waals surface area contributed by atoms with Gasteiger partial charge in [0.15, 0.2) is 0 Å². The molecular weight excluding hydrogens is 406 g/mol. The second kappa shape index (κ2) is 9.33.